The molecule has 3 aromatic rings. The molecule has 1 aliphatic heterocycles. The van der Waals surface area contributed by atoms with Gasteiger partial charge < -0.3 is 11.1 Å². The average molecular weight is 463 g/mol. The minimum Gasteiger partial charge on any atom is -0.366 e. The SMILES string of the molecule is CP=C(CC#N)N1CCCC(Nc2cc(CCCN)nc(-c3cnc4ccc(C)cn34)n2)C1. The van der Waals surface area contributed by atoms with Crippen LogP contribution in [0.25, 0.3) is 17.2 Å². The third-order valence-electron chi connectivity index (χ3n) is 5.93. The van der Waals surface area contributed by atoms with Gasteiger partial charge in [0.05, 0.1) is 18.7 Å². The summed E-state index contributed by atoms with van der Waals surface area (Å²) in [6.07, 6.45) is 8.24. The van der Waals surface area contributed by atoms with E-state index in [-0.39, 0.29) is 6.04 Å². The molecule has 3 N–H and O–H groups in total. The maximum absolute atomic E-state index is 9.16. The van der Waals surface area contributed by atoms with E-state index in [2.05, 4.69) is 47.1 Å². The Balaban J connectivity index is 1.62. The van der Waals surface area contributed by atoms with Gasteiger partial charge in [-0.25, -0.2) is 15.0 Å². The molecule has 8 nitrogen and oxygen atoms in total. The molecule has 0 saturated carbocycles. The van der Waals surface area contributed by atoms with Crippen LogP contribution in [-0.4, -0.2) is 62.0 Å². The molecule has 0 amide bonds. The van der Waals surface area contributed by atoms with Crippen molar-refractivity contribution in [3.05, 3.63) is 41.9 Å². The Labute approximate surface area is 196 Å². The number of nitrogens with zero attached hydrogens (tertiary/aromatic N) is 6. The van der Waals surface area contributed by atoms with E-state index >= 15 is 0 Å². The lowest BCUT2D eigenvalue weighted by molar-refractivity contribution is 0.322. The Morgan fingerprint density at radius 3 is 3.03 bits per heavy atom. The zero-order valence-electron chi connectivity index (χ0n) is 19.3. The fourth-order valence-corrected chi connectivity index (χ4v) is 4.98. The molecule has 0 bridgehead atoms. The summed E-state index contributed by atoms with van der Waals surface area (Å²) in [5.41, 5.74) is 10.8. The molecule has 0 aromatic carbocycles. The van der Waals surface area contributed by atoms with Gasteiger partial charge in [-0.15, -0.1) is 0 Å². The molecule has 9 heteroatoms. The van der Waals surface area contributed by atoms with E-state index in [1.807, 2.05) is 22.7 Å². The van der Waals surface area contributed by atoms with Crippen LogP contribution in [-0.2, 0) is 6.42 Å². The van der Waals surface area contributed by atoms with Crippen LogP contribution in [0.5, 0.6) is 0 Å². The Morgan fingerprint density at radius 2 is 2.24 bits per heavy atom. The molecule has 1 unspecified atom stereocenters. The lowest BCUT2D eigenvalue weighted by Gasteiger charge is -2.34. The van der Waals surface area contributed by atoms with Gasteiger partial charge in [-0.1, -0.05) is 14.3 Å². The summed E-state index contributed by atoms with van der Waals surface area (Å²) >= 11 is 0. The number of anilines is 1. The fourth-order valence-electron chi connectivity index (χ4n) is 4.29. The molecule has 4 heterocycles. The van der Waals surface area contributed by atoms with Gasteiger partial charge >= 0.3 is 0 Å². The summed E-state index contributed by atoms with van der Waals surface area (Å²) < 4.78 is 2.05. The summed E-state index contributed by atoms with van der Waals surface area (Å²) in [5, 5.41) is 12.8. The zero-order chi connectivity index (χ0) is 23.2. The second-order valence-electron chi connectivity index (χ2n) is 8.44. The Bertz CT molecular complexity index is 1180. The van der Waals surface area contributed by atoms with Gasteiger partial charge in [0.2, 0.25) is 0 Å². The van der Waals surface area contributed by atoms with Crippen molar-refractivity contribution in [3.8, 4) is 17.6 Å². The van der Waals surface area contributed by atoms with E-state index in [1.54, 1.807) is 0 Å². The van der Waals surface area contributed by atoms with E-state index in [4.69, 9.17) is 21.0 Å². The van der Waals surface area contributed by atoms with Gasteiger partial charge in [-0.2, -0.15) is 5.26 Å². The highest BCUT2D eigenvalue weighted by Gasteiger charge is 2.23. The van der Waals surface area contributed by atoms with Crippen LogP contribution in [0.4, 0.5) is 5.82 Å². The van der Waals surface area contributed by atoms with Gasteiger partial charge in [-0.05, 0) is 57.4 Å². The number of likely N-dealkylation sites (tertiary alicyclic amines) is 1. The number of pyridine rings is 1. The molecular weight excluding hydrogens is 431 g/mol. The summed E-state index contributed by atoms with van der Waals surface area (Å²) in [7, 11) is 1.16. The van der Waals surface area contributed by atoms with Crippen molar-refractivity contribution in [3.63, 3.8) is 0 Å². The number of fused-ring (bicyclic) bond motifs is 1. The maximum atomic E-state index is 9.16. The number of nitrogens with one attached hydrogen (secondary N) is 1. The highest BCUT2D eigenvalue weighted by Crippen LogP contribution is 2.23. The first-order valence-electron chi connectivity index (χ1n) is 11.5. The van der Waals surface area contributed by atoms with Gasteiger partial charge in [0.15, 0.2) is 5.82 Å². The zero-order valence-corrected chi connectivity index (χ0v) is 20.2. The lowest BCUT2D eigenvalue weighted by atomic mass is 10.1. The van der Waals surface area contributed by atoms with Crippen molar-refractivity contribution in [2.75, 3.05) is 31.6 Å². The number of imidazole rings is 1. The molecule has 1 saturated heterocycles. The monoisotopic (exact) mass is 462 g/mol. The number of aryl methyl sites for hydroxylation is 2. The second kappa shape index (κ2) is 10.8. The molecule has 1 atom stereocenters. The van der Waals surface area contributed by atoms with Crippen molar-refractivity contribution in [2.24, 2.45) is 5.73 Å². The number of rotatable bonds is 8. The predicted molar refractivity (Wildman–Crippen MR) is 135 cm³/mol. The van der Waals surface area contributed by atoms with Gasteiger partial charge in [0.1, 0.15) is 17.2 Å². The first-order valence-corrected chi connectivity index (χ1v) is 12.8. The van der Waals surface area contributed by atoms with Gasteiger partial charge in [0.25, 0.3) is 0 Å². The average Bonchev–Trinajstić information content (AvgIpc) is 3.24. The summed E-state index contributed by atoms with van der Waals surface area (Å²) in [4.78, 5) is 16.6. The molecule has 4 rings (SSSR count). The third kappa shape index (κ3) is 5.56. The number of aromatic nitrogens is 4. The minimum absolute atomic E-state index is 0.267. The smallest absolute Gasteiger partial charge is 0.180 e. The number of nitrogens with two attached hydrogens (primary N) is 1. The van der Waals surface area contributed by atoms with Crippen LogP contribution in [0.1, 0.15) is 36.9 Å². The number of piperidine rings is 1. The highest BCUT2D eigenvalue weighted by atomic mass is 31.1. The first-order chi connectivity index (χ1) is 16.1. The molecule has 3 aromatic heterocycles. The summed E-state index contributed by atoms with van der Waals surface area (Å²) in [6, 6.07) is 8.68. The summed E-state index contributed by atoms with van der Waals surface area (Å²) in [6.45, 7) is 6.68. The minimum atomic E-state index is 0.267. The van der Waals surface area contributed by atoms with Crippen LogP contribution in [0.15, 0.2) is 30.6 Å². The molecule has 33 heavy (non-hydrogen) atoms. The van der Waals surface area contributed by atoms with Gasteiger partial charge in [-0.3, -0.25) is 9.30 Å². The number of hydrogen-bond acceptors (Lipinski definition) is 6. The Morgan fingerprint density at radius 1 is 1.36 bits per heavy atom. The third-order valence-corrected chi connectivity index (χ3v) is 6.89. The molecule has 1 fully saturated rings. The molecule has 0 spiro atoms. The van der Waals surface area contributed by atoms with Crippen LogP contribution < -0.4 is 11.1 Å². The standard InChI is InChI=1S/C24H31N8P/c1-17-7-8-22-27-14-20(32(22)15-17)24-29-18(5-3-10-25)13-21(30-24)28-19-6-4-12-31(16-19)23(33-2)9-11-26/h7-8,13-15,19H,3-6,9-10,12,16,25H2,1-2H3,(H,28,29,30). The van der Waals surface area contributed by atoms with E-state index in [1.165, 1.54) is 5.42 Å². The number of hydrogen-bond donors (Lipinski definition) is 2. The quantitative estimate of drug-likeness (QED) is 0.493. The van der Waals surface area contributed by atoms with E-state index in [0.717, 1.165) is 75.4 Å². The first kappa shape index (κ1) is 23.3. The van der Waals surface area contributed by atoms with Crippen molar-refractivity contribution in [1.29, 1.82) is 5.26 Å². The maximum Gasteiger partial charge on any atom is 0.180 e. The predicted octanol–water partition coefficient (Wildman–Crippen LogP) is 3.49. The van der Waals surface area contributed by atoms with Crippen LogP contribution in [0.2, 0.25) is 0 Å². The van der Waals surface area contributed by atoms with Crippen LogP contribution in [0, 0.1) is 18.3 Å². The highest BCUT2D eigenvalue weighted by molar-refractivity contribution is 7.39. The Hall–Kier alpha value is -2.85. The molecular formula is C24H31N8P. The normalized spacial score (nSPS) is 17.3. The topological polar surface area (TPSA) is 108 Å². The van der Waals surface area contributed by atoms with Crippen molar-refractivity contribution in [1.82, 2.24) is 24.3 Å². The molecule has 0 aliphatic carbocycles. The van der Waals surface area contributed by atoms with E-state index in [9.17, 15) is 0 Å². The molecule has 1 aliphatic rings. The molecule has 172 valence electrons. The largest absolute Gasteiger partial charge is 0.366 e. The van der Waals surface area contributed by atoms with Crippen LogP contribution >= 0.6 is 8.20 Å². The van der Waals surface area contributed by atoms with E-state index in [0.29, 0.717) is 18.8 Å². The second-order valence-corrected chi connectivity index (χ2v) is 9.41. The van der Waals surface area contributed by atoms with Gasteiger partial charge in [0, 0.05) is 42.5 Å². The summed E-state index contributed by atoms with van der Waals surface area (Å²) in [5.74, 6) is 1.50. The Kier molecular flexibility index (Phi) is 7.66. The van der Waals surface area contributed by atoms with Crippen molar-refractivity contribution in [2.45, 2.75) is 45.1 Å². The van der Waals surface area contributed by atoms with Crippen molar-refractivity contribution < 1.29 is 0 Å². The van der Waals surface area contributed by atoms with E-state index < -0.39 is 0 Å². The van der Waals surface area contributed by atoms with Crippen LogP contribution in [0.3, 0.4) is 0 Å². The molecule has 0 radical (unpaired) electrons. The fraction of sp³-hybridized carbons (Fsp3) is 0.458. The number of nitriles is 1. The van der Waals surface area contributed by atoms with Crippen molar-refractivity contribution >= 4 is 25.1 Å². The lowest BCUT2D eigenvalue weighted by Crippen LogP contribution is -2.44.